The molecule has 1 atom stereocenters. The number of hydrogen-bond donors (Lipinski definition) is 1. The van der Waals surface area contributed by atoms with Gasteiger partial charge in [-0.25, -0.2) is 0 Å². The van der Waals surface area contributed by atoms with Gasteiger partial charge in [-0.05, 0) is 23.8 Å². The maximum absolute atomic E-state index is 10.6. The molecular formula is C24H29NO5. The van der Waals surface area contributed by atoms with Crippen LogP contribution >= 0.6 is 0 Å². The first kappa shape index (κ1) is 21.9. The Kier molecular flexibility index (Phi) is 8.32. The van der Waals surface area contributed by atoms with Crippen molar-refractivity contribution < 1.29 is 23.7 Å². The molecule has 6 heteroatoms. The van der Waals surface area contributed by atoms with Crippen LogP contribution in [0.4, 0.5) is 0 Å². The summed E-state index contributed by atoms with van der Waals surface area (Å²) in [5.41, 5.74) is 2.17. The lowest BCUT2D eigenvalue weighted by Crippen LogP contribution is -2.34. The summed E-state index contributed by atoms with van der Waals surface area (Å²) in [4.78, 5) is 2.17. The van der Waals surface area contributed by atoms with Crippen molar-refractivity contribution in [3.8, 4) is 11.5 Å². The van der Waals surface area contributed by atoms with Crippen LogP contribution in [-0.4, -0.2) is 43.5 Å². The highest BCUT2D eigenvalue weighted by Crippen LogP contribution is 2.31. The number of benzene rings is 2. The van der Waals surface area contributed by atoms with Gasteiger partial charge >= 0.3 is 0 Å². The van der Waals surface area contributed by atoms with Gasteiger partial charge in [0.2, 0.25) is 0 Å². The van der Waals surface area contributed by atoms with E-state index in [0.29, 0.717) is 37.7 Å². The number of furan rings is 1. The number of hydrogen-bond acceptors (Lipinski definition) is 6. The number of nitrogens with zero attached hydrogens (tertiary/aromatic N) is 1. The molecular weight excluding hydrogens is 382 g/mol. The molecule has 0 aliphatic carbocycles. The van der Waals surface area contributed by atoms with Gasteiger partial charge in [0.15, 0.2) is 11.5 Å². The zero-order chi connectivity index (χ0) is 21.2. The van der Waals surface area contributed by atoms with Gasteiger partial charge < -0.3 is 23.7 Å². The summed E-state index contributed by atoms with van der Waals surface area (Å²) < 4.78 is 21.9. The molecule has 1 aromatic heterocycles. The van der Waals surface area contributed by atoms with Crippen LogP contribution in [-0.2, 0) is 24.4 Å². The van der Waals surface area contributed by atoms with E-state index >= 15 is 0 Å². The molecule has 3 aromatic rings. The van der Waals surface area contributed by atoms with Crippen LogP contribution in [0.15, 0.2) is 71.3 Å². The molecule has 0 aliphatic rings. The average molecular weight is 411 g/mol. The molecule has 2 aromatic carbocycles. The van der Waals surface area contributed by atoms with Gasteiger partial charge in [-0.15, -0.1) is 0 Å². The van der Waals surface area contributed by atoms with Crippen molar-refractivity contribution in [1.29, 1.82) is 0 Å². The summed E-state index contributed by atoms with van der Waals surface area (Å²) in [5, 5.41) is 10.6. The fourth-order valence-electron chi connectivity index (χ4n) is 3.39. The second-order valence-electron chi connectivity index (χ2n) is 7.06. The minimum absolute atomic E-state index is 0.223. The van der Waals surface area contributed by atoms with Crippen LogP contribution in [0.3, 0.4) is 0 Å². The van der Waals surface area contributed by atoms with Crippen molar-refractivity contribution in [1.82, 2.24) is 4.90 Å². The Labute approximate surface area is 177 Å². The van der Waals surface area contributed by atoms with Gasteiger partial charge in [0.1, 0.15) is 12.4 Å². The van der Waals surface area contributed by atoms with Crippen molar-refractivity contribution in [3.63, 3.8) is 0 Å². The molecule has 0 radical (unpaired) electrons. The van der Waals surface area contributed by atoms with Gasteiger partial charge in [0.05, 0.1) is 33.2 Å². The first-order valence-corrected chi connectivity index (χ1v) is 9.94. The SMILES string of the molecule is COc1cccc(CN(Cc2ccccc2)C[C@H](O)COCc2ccco2)c1OC. The Morgan fingerprint density at radius 1 is 0.933 bits per heavy atom. The number of para-hydroxylation sites is 1. The van der Waals surface area contributed by atoms with Crippen molar-refractivity contribution in [2.24, 2.45) is 0 Å². The number of aliphatic hydroxyl groups is 1. The number of aliphatic hydroxyl groups excluding tert-OH is 1. The average Bonchev–Trinajstić information content (AvgIpc) is 3.27. The van der Waals surface area contributed by atoms with E-state index in [1.807, 2.05) is 48.5 Å². The lowest BCUT2D eigenvalue weighted by atomic mass is 10.1. The normalized spacial score (nSPS) is 12.1. The fraction of sp³-hybridized carbons (Fsp3) is 0.333. The Morgan fingerprint density at radius 2 is 1.77 bits per heavy atom. The largest absolute Gasteiger partial charge is 0.493 e. The molecule has 1 N–H and O–H groups in total. The first-order valence-electron chi connectivity index (χ1n) is 9.94. The summed E-state index contributed by atoms with van der Waals surface area (Å²) in [6.07, 6.45) is 0.971. The van der Waals surface area contributed by atoms with E-state index in [1.165, 1.54) is 5.56 Å². The smallest absolute Gasteiger partial charge is 0.165 e. The highest BCUT2D eigenvalue weighted by Gasteiger charge is 2.17. The number of methoxy groups -OCH3 is 2. The summed E-state index contributed by atoms with van der Waals surface area (Å²) in [6.45, 7) is 2.31. The molecule has 0 saturated heterocycles. The Hall–Kier alpha value is -2.80. The topological polar surface area (TPSA) is 64.3 Å². The zero-order valence-electron chi connectivity index (χ0n) is 17.5. The lowest BCUT2D eigenvalue weighted by molar-refractivity contribution is 0.00243. The van der Waals surface area contributed by atoms with E-state index in [1.54, 1.807) is 20.5 Å². The maximum Gasteiger partial charge on any atom is 0.165 e. The van der Waals surface area contributed by atoms with Crippen LogP contribution in [0.2, 0.25) is 0 Å². The van der Waals surface area contributed by atoms with Crippen LogP contribution in [0, 0.1) is 0 Å². The van der Waals surface area contributed by atoms with E-state index in [2.05, 4.69) is 17.0 Å². The first-order chi connectivity index (χ1) is 14.7. The molecule has 0 unspecified atom stereocenters. The van der Waals surface area contributed by atoms with Crippen LogP contribution in [0.5, 0.6) is 11.5 Å². The molecule has 6 nitrogen and oxygen atoms in total. The second-order valence-corrected chi connectivity index (χ2v) is 7.06. The maximum atomic E-state index is 10.6. The Bertz CT molecular complexity index is 867. The Balaban J connectivity index is 1.67. The van der Waals surface area contributed by atoms with Gasteiger partial charge in [-0.1, -0.05) is 42.5 Å². The van der Waals surface area contributed by atoms with Gasteiger partial charge in [-0.2, -0.15) is 0 Å². The van der Waals surface area contributed by atoms with Gasteiger partial charge in [-0.3, -0.25) is 4.90 Å². The number of rotatable bonds is 12. The highest BCUT2D eigenvalue weighted by atomic mass is 16.5. The highest BCUT2D eigenvalue weighted by molar-refractivity contribution is 5.46. The molecule has 0 amide bonds. The molecule has 30 heavy (non-hydrogen) atoms. The summed E-state index contributed by atoms with van der Waals surface area (Å²) in [6, 6.07) is 19.7. The molecule has 0 aliphatic heterocycles. The van der Waals surface area contributed by atoms with Crippen LogP contribution in [0.1, 0.15) is 16.9 Å². The van der Waals surface area contributed by atoms with Crippen LogP contribution in [0.25, 0.3) is 0 Å². The quantitative estimate of drug-likeness (QED) is 0.488. The third-order valence-electron chi connectivity index (χ3n) is 4.73. The van der Waals surface area contributed by atoms with E-state index in [-0.39, 0.29) is 6.61 Å². The van der Waals surface area contributed by atoms with E-state index in [4.69, 9.17) is 18.6 Å². The Morgan fingerprint density at radius 3 is 2.47 bits per heavy atom. The van der Waals surface area contributed by atoms with Crippen molar-refractivity contribution >= 4 is 0 Å². The molecule has 160 valence electrons. The standard InChI is InChI=1S/C24H29NO5/c1-27-23-12-6-10-20(24(23)28-2)15-25(14-19-8-4-3-5-9-19)16-21(26)17-29-18-22-11-7-13-30-22/h3-13,21,26H,14-18H2,1-2H3/t21-/m0/s1. The van der Waals surface area contributed by atoms with Gasteiger partial charge in [0, 0.05) is 25.2 Å². The summed E-state index contributed by atoms with van der Waals surface area (Å²) in [7, 11) is 3.27. The third kappa shape index (κ3) is 6.35. The molecule has 0 saturated carbocycles. The minimum Gasteiger partial charge on any atom is -0.493 e. The van der Waals surface area contributed by atoms with Crippen molar-refractivity contribution in [2.45, 2.75) is 25.8 Å². The van der Waals surface area contributed by atoms with E-state index in [0.717, 1.165) is 11.3 Å². The number of ether oxygens (including phenoxy) is 3. The molecule has 1 heterocycles. The van der Waals surface area contributed by atoms with Crippen LogP contribution < -0.4 is 9.47 Å². The third-order valence-corrected chi connectivity index (χ3v) is 4.73. The zero-order valence-corrected chi connectivity index (χ0v) is 17.5. The second kappa shape index (κ2) is 11.4. The molecule has 0 bridgehead atoms. The predicted molar refractivity (Wildman–Crippen MR) is 114 cm³/mol. The summed E-state index contributed by atoms with van der Waals surface area (Å²) >= 11 is 0. The predicted octanol–water partition coefficient (Wildman–Crippen LogP) is 3.88. The molecule has 0 spiro atoms. The monoisotopic (exact) mass is 411 g/mol. The van der Waals surface area contributed by atoms with E-state index < -0.39 is 6.10 Å². The summed E-state index contributed by atoms with van der Waals surface area (Å²) in [5.74, 6) is 2.14. The van der Waals surface area contributed by atoms with Gasteiger partial charge in [0.25, 0.3) is 0 Å². The molecule has 3 rings (SSSR count). The van der Waals surface area contributed by atoms with E-state index in [9.17, 15) is 5.11 Å². The minimum atomic E-state index is -0.639. The van der Waals surface area contributed by atoms with Crippen molar-refractivity contribution in [2.75, 3.05) is 27.4 Å². The molecule has 0 fully saturated rings. The fourth-order valence-corrected chi connectivity index (χ4v) is 3.39. The lowest BCUT2D eigenvalue weighted by Gasteiger charge is -2.26. The van der Waals surface area contributed by atoms with Crippen molar-refractivity contribution in [3.05, 3.63) is 83.8 Å².